The van der Waals surface area contributed by atoms with Crippen molar-refractivity contribution in [2.75, 3.05) is 14.2 Å². The van der Waals surface area contributed by atoms with E-state index in [0.717, 1.165) is 23.6 Å². The normalized spacial score (nSPS) is 14.0. The number of methoxy groups -OCH3 is 2. The summed E-state index contributed by atoms with van der Waals surface area (Å²) in [6.45, 7) is 0. The molecule has 1 aliphatic carbocycles. The van der Waals surface area contributed by atoms with Gasteiger partial charge in [0.2, 0.25) is 11.2 Å². The van der Waals surface area contributed by atoms with Gasteiger partial charge in [0.1, 0.15) is 0 Å². The Hall–Kier alpha value is -1.42. The van der Waals surface area contributed by atoms with Gasteiger partial charge in [-0.15, -0.1) is 14.8 Å². The minimum absolute atomic E-state index is 0.860. The van der Waals surface area contributed by atoms with Crippen molar-refractivity contribution in [3.8, 4) is 17.2 Å². The maximum Gasteiger partial charge on any atom is 0.296 e. The SMILES string of the molecule is COc1cccc(OC)c1-[n+]1csc2c1CCCCC2.[O-][Cl+3]([O-])([O-])[O-]. The summed E-state index contributed by atoms with van der Waals surface area (Å²) in [5.74, 6) is 1.72. The van der Waals surface area contributed by atoms with Gasteiger partial charge in [-0.2, -0.15) is 0 Å². The first-order chi connectivity index (χ1) is 11.8. The number of aryl methyl sites for hydroxylation is 1. The molecule has 0 amide bonds. The molecule has 2 aromatic rings. The number of ether oxygens (including phenoxy) is 2. The molecule has 9 heteroatoms. The first-order valence-electron chi connectivity index (χ1n) is 7.69. The molecule has 0 spiro atoms. The van der Waals surface area contributed by atoms with Crippen LogP contribution < -0.4 is 32.7 Å². The van der Waals surface area contributed by atoms with E-state index in [9.17, 15) is 0 Å². The number of aromatic nitrogens is 1. The first kappa shape index (κ1) is 19.9. The molecule has 0 unspecified atom stereocenters. The number of nitrogens with zero attached hydrogens (tertiary/aromatic N) is 1. The zero-order valence-corrected chi connectivity index (χ0v) is 15.6. The fourth-order valence-corrected chi connectivity index (χ4v) is 3.92. The van der Waals surface area contributed by atoms with Gasteiger partial charge in [0.05, 0.1) is 19.1 Å². The molecular weight excluding hydrogens is 370 g/mol. The standard InChI is InChI=1S/C16H20NO2S.ClHO4/c1-18-13-8-6-9-14(19-2)16(13)17-11-20-15-10-5-3-4-7-12(15)17;2-1(3,4)5/h6,8-9,11H,3-5,7,10H2,1-2H3;(H,2,3,4,5)/q+1;/p-1. The van der Waals surface area contributed by atoms with Crippen LogP contribution in [0, 0.1) is 10.2 Å². The van der Waals surface area contributed by atoms with Crippen LogP contribution in [0.3, 0.4) is 0 Å². The molecule has 138 valence electrons. The van der Waals surface area contributed by atoms with Gasteiger partial charge in [-0.25, -0.2) is 18.6 Å². The van der Waals surface area contributed by atoms with Crippen LogP contribution in [0.4, 0.5) is 0 Å². The average Bonchev–Trinajstić information content (AvgIpc) is 2.80. The van der Waals surface area contributed by atoms with E-state index >= 15 is 0 Å². The highest BCUT2D eigenvalue weighted by Crippen LogP contribution is 2.31. The molecule has 25 heavy (non-hydrogen) atoms. The Morgan fingerprint density at radius 2 is 1.52 bits per heavy atom. The van der Waals surface area contributed by atoms with Gasteiger partial charge < -0.3 is 9.47 Å². The molecule has 0 saturated heterocycles. The fraction of sp³-hybridized carbons (Fsp3) is 0.438. The Labute approximate surface area is 152 Å². The van der Waals surface area contributed by atoms with Crippen molar-refractivity contribution in [1.29, 1.82) is 0 Å². The summed E-state index contributed by atoms with van der Waals surface area (Å²) in [5, 5.41) is 0. The lowest BCUT2D eigenvalue weighted by Crippen LogP contribution is -2.68. The second-order valence-electron chi connectivity index (χ2n) is 5.41. The number of benzene rings is 1. The van der Waals surface area contributed by atoms with Gasteiger partial charge in [0, 0.05) is 6.42 Å². The maximum atomic E-state index is 8.49. The average molecular weight is 390 g/mol. The quantitative estimate of drug-likeness (QED) is 0.469. The molecule has 3 rings (SSSR count). The van der Waals surface area contributed by atoms with Crippen molar-refractivity contribution >= 4 is 11.3 Å². The topological polar surface area (TPSA) is 115 Å². The second kappa shape index (κ2) is 8.79. The third-order valence-corrected chi connectivity index (χ3v) is 4.91. The lowest BCUT2D eigenvalue weighted by atomic mass is 10.2. The van der Waals surface area contributed by atoms with Crippen LogP contribution in [-0.2, 0) is 12.8 Å². The van der Waals surface area contributed by atoms with Gasteiger partial charge in [-0.05, 0) is 31.4 Å². The van der Waals surface area contributed by atoms with E-state index < -0.39 is 10.2 Å². The summed E-state index contributed by atoms with van der Waals surface area (Å²) in [7, 11) is -1.52. The third kappa shape index (κ3) is 5.53. The molecule has 1 aliphatic rings. The number of halogens is 1. The third-order valence-electron chi connectivity index (χ3n) is 3.87. The lowest BCUT2D eigenvalue weighted by molar-refractivity contribution is -2.00. The summed E-state index contributed by atoms with van der Waals surface area (Å²) in [6.07, 6.45) is 6.23. The second-order valence-corrected chi connectivity index (χ2v) is 7.11. The Bertz CT molecular complexity index is 672. The molecular formula is C16H20ClNO6S. The molecule has 1 aromatic carbocycles. The number of hydrogen-bond acceptors (Lipinski definition) is 7. The van der Waals surface area contributed by atoms with E-state index in [4.69, 9.17) is 28.1 Å². The van der Waals surface area contributed by atoms with Gasteiger partial charge in [-0.1, -0.05) is 23.8 Å². The first-order valence-corrected chi connectivity index (χ1v) is 9.80. The molecule has 0 atom stereocenters. The van der Waals surface area contributed by atoms with E-state index in [2.05, 4.69) is 10.1 Å². The smallest absolute Gasteiger partial charge is 0.296 e. The van der Waals surface area contributed by atoms with E-state index in [0.29, 0.717) is 0 Å². The molecule has 1 heterocycles. The van der Waals surface area contributed by atoms with Crippen molar-refractivity contribution in [2.24, 2.45) is 0 Å². The van der Waals surface area contributed by atoms with E-state index in [1.807, 2.05) is 29.5 Å². The highest BCUT2D eigenvalue weighted by atomic mass is 35.7. The predicted molar refractivity (Wildman–Crippen MR) is 80.2 cm³/mol. The lowest BCUT2D eigenvalue weighted by Gasteiger charge is -2.17. The van der Waals surface area contributed by atoms with Gasteiger partial charge in [0.15, 0.2) is 11.5 Å². The zero-order chi connectivity index (χ0) is 18.4. The van der Waals surface area contributed by atoms with Gasteiger partial charge in [-0.3, -0.25) is 0 Å². The summed E-state index contributed by atoms with van der Waals surface area (Å²) >= 11 is 1.85. The molecule has 1 aromatic heterocycles. The summed E-state index contributed by atoms with van der Waals surface area (Å²) < 4.78 is 47.3. The summed E-state index contributed by atoms with van der Waals surface area (Å²) in [4.78, 5) is 1.51. The Morgan fingerprint density at radius 3 is 2.08 bits per heavy atom. The zero-order valence-electron chi connectivity index (χ0n) is 14.0. The summed E-state index contributed by atoms with van der Waals surface area (Å²) in [6, 6.07) is 5.95. The van der Waals surface area contributed by atoms with Crippen LogP contribution in [0.2, 0.25) is 0 Å². The minimum Gasteiger partial charge on any atom is -0.490 e. The Kier molecular flexibility index (Phi) is 7.00. The minimum atomic E-state index is -4.94. The van der Waals surface area contributed by atoms with E-state index in [-0.39, 0.29) is 0 Å². The molecule has 0 bridgehead atoms. The fourth-order valence-electron chi connectivity index (χ4n) is 2.86. The van der Waals surface area contributed by atoms with Crippen LogP contribution >= 0.6 is 11.3 Å². The monoisotopic (exact) mass is 389 g/mol. The van der Waals surface area contributed by atoms with Crippen LogP contribution in [0.25, 0.3) is 5.69 Å². The van der Waals surface area contributed by atoms with Crippen LogP contribution in [-0.4, -0.2) is 14.2 Å². The van der Waals surface area contributed by atoms with Crippen molar-refractivity contribution < 1.29 is 42.9 Å². The highest BCUT2D eigenvalue weighted by Gasteiger charge is 2.28. The molecule has 7 nitrogen and oxygen atoms in total. The number of hydrogen-bond donors (Lipinski definition) is 0. The molecule has 0 N–H and O–H groups in total. The van der Waals surface area contributed by atoms with Crippen LogP contribution in [0.1, 0.15) is 29.8 Å². The van der Waals surface area contributed by atoms with Crippen LogP contribution in [0.5, 0.6) is 11.5 Å². The van der Waals surface area contributed by atoms with Crippen molar-refractivity contribution in [2.45, 2.75) is 32.1 Å². The number of rotatable bonds is 3. The number of fused-ring (bicyclic) bond motifs is 1. The largest absolute Gasteiger partial charge is 0.490 e. The van der Waals surface area contributed by atoms with Crippen molar-refractivity contribution in [1.82, 2.24) is 0 Å². The molecule has 0 fully saturated rings. The van der Waals surface area contributed by atoms with Crippen LogP contribution in [0.15, 0.2) is 23.7 Å². The van der Waals surface area contributed by atoms with E-state index in [1.54, 1.807) is 14.2 Å². The van der Waals surface area contributed by atoms with Gasteiger partial charge in [0.25, 0.3) is 5.69 Å². The maximum absolute atomic E-state index is 8.49. The Morgan fingerprint density at radius 1 is 0.960 bits per heavy atom. The van der Waals surface area contributed by atoms with E-state index in [1.165, 1.54) is 36.3 Å². The summed E-state index contributed by atoms with van der Waals surface area (Å²) in [5.41, 5.74) is 4.64. The van der Waals surface area contributed by atoms with Gasteiger partial charge >= 0.3 is 0 Å². The molecule has 0 radical (unpaired) electrons. The van der Waals surface area contributed by atoms with Crippen molar-refractivity contribution in [3.63, 3.8) is 0 Å². The number of para-hydroxylation sites is 1. The predicted octanol–water partition coefficient (Wildman–Crippen LogP) is -1.45. The molecule has 0 saturated carbocycles. The Balaban J connectivity index is 0.000000399. The highest BCUT2D eigenvalue weighted by molar-refractivity contribution is 7.09. The van der Waals surface area contributed by atoms with Crippen molar-refractivity contribution in [3.05, 3.63) is 34.3 Å². The number of thiazole rings is 1. The molecule has 0 aliphatic heterocycles.